The Morgan fingerprint density at radius 3 is 2.46 bits per heavy atom. The van der Waals surface area contributed by atoms with Crippen LogP contribution in [0.5, 0.6) is 11.5 Å². The summed E-state index contributed by atoms with van der Waals surface area (Å²) in [5, 5.41) is 0. The lowest BCUT2D eigenvalue weighted by atomic mass is 10.0. The van der Waals surface area contributed by atoms with Gasteiger partial charge in [-0.2, -0.15) is 0 Å². The Labute approximate surface area is 238 Å². The zero-order valence-electron chi connectivity index (χ0n) is 23.5. The van der Waals surface area contributed by atoms with Crippen LogP contribution in [-0.2, 0) is 27.6 Å². The van der Waals surface area contributed by atoms with Crippen LogP contribution < -0.4 is 14.2 Å². The summed E-state index contributed by atoms with van der Waals surface area (Å²) in [4.78, 5) is 27.2. The number of hydrogen-bond donors (Lipinski definition) is 1. The molecule has 226 valence electrons. The van der Waals surface area contributed by atoms with E-state index < -0.39 is 28.0 Å². The first-order chi connectivity index (χ1) is 19.1. The van der Waals surface area contributed by atoms with Gasteiger partial charge < -0.3 is 19.1 Å². The van der Waals surface area contributed by atoms with Gasteiger partial charge in [-0.3, -0.25) is 4.79 Å². The molecule has 1 amide bonds. The Hall–Kier alpha value is -3.32. The number of carbonyl (C=O) groups is 2. The molecule has 1 aliphatic rings. The lowest BCUT2D eigenvalue weighted by Crippen LogP contribution is -2.46. The summed E-state index contributed by atoms with van der Waals surface area (Å²) in [6, 6.07) is 8.65. The largest absolute Gasteiger partial charge is 0.573 e. The number of fused-ring (bicyclic) bond motifs is 1. The van der Waals surface area contributed by atoms with E-state index in [-0.39, 0.29) is 59.3 Å². The van der Waals surface area contributed by atoms with Gasteiger partial charge in [-0.05, 0) is 70.0 Å². The summed E-state index contributed by atoms with van der Waals surface area (Å²) in [6.45, 7) is 5.93. The zero-order valence-corrected chi connectivity index (χ0v) is 24.3. The maximum absolute atomic E-state index is 12.9. The zero-order chi connectivity index (χ0) is 30.4. The molecule has 9 nitrogen and oxygen atoms in total. The number of ketones is 1. The number of Topliss-reactive ketones (excluding diaryl/α,β-unsaturated/α-hetero) is 1. The minimum absolute atomic E-state index is 0.0293. The minimum atomic E-state index is -4.83. The molecule has 2 aromatic carbocycles. The molecule has 0 saturated heterocycles. The van der Waals surface area contributed by atoms with Gasteiger partial charge in [-0.1, -0.05) is 18.2 Å². The number of halogens is 3. The van der Waals surface area contributed by atoms with Crippen LogP contribution in [0.15, 0.2) is 41.3 Å². The summed E-state index contributed by atoms with van der Waals surface area (Å²) in [5.74, 6) is -0.302. The Kier molecular flexibility index (Phi) is 10.3. The molecule has 0 atom stereocenters. The molecule has 0 aliphatic carbocycles. The Morgan fingerprint density at radius 2 is 1.80 bits per heavy atom. The molecule has 1 heterocycles. The molecular formula is C28H35F3N2O7S. The first-order valence-corrected chi connectivity index (χ1v) is 14.6. The van der Waals surface area contributed by atoms with Crippen LogP contribution in [0.4, 0.5) is 18.0 Å². The Morgan fingerprint density at radius 1 is 1.10 bits per heavy atom. The number of carbonyl (C=O) groups excluding carboxylic acids is 2. The monoisotopic (exact) mass is 600 g/mol. The second kappa shape index (κ2) is 13.1. The fraction of sp³-hybridized carbons (Fsp3) is 0.500. The molecule has 1 N–H and O–H groups in total. The van der Waals surface area contributed by atoms with Gasteiger partial charge in [-0.25, -0.2) is 17.9 Å². The van der Waals surface area contributed by atoms with E-state index >= 15 is 0 Å². The number of unbranched alkanes of at least 4 members (excludes halogenated alkanes) is 1. The fourth-order valence-corrected chi connectivity index (χ4v) is 5.34. The highest BCUT2D eigenvalue weighted by atomic mass is 32.2. The van der Waals surface area contributed by atoms with E-state index in [0.717, 1.165) is 0 Å². The summed E-state index contributed by atoms with van der Waals surface area (Å²) in [7, 11) is -2.53. The number of nitrogens with zero attached hydrogens (tertiary/aromatic N) is 1. The molecule has 0 spiro atoms. The highest BCUT2D eigenvalue weighted by Gasteiger charge is 2.32. The highest BCUT2D eigenvalue weighted by Crippen LogP contribution is 2.34. The molecular weight excluding hydrogens is 565 g/mol. The standard InChI is InChI=1S/C28H35F3N2O7S/c1-27(2,3)33(26(35)39-16-12-19-9-5-6-11-23(19)40-28(29,30)31)14-8-7-10-22(34)21-17-20-13-15-38-25(20)24(18-21)41(36,37)32-4/h5-6,9,11,17-18,32H,7-8,10,12-16H2,1-4H3. The maximum atomic E-state index is 12.9. The first-order valence-electron chi connectivity index (χ1n) is 13.2. The average Bonchev–Trinajstić information content (AvgIpc) is 3.36. The third-order valence-electron chi connectivity index (χ3n) is 6.49. The molecule has 0 radical (unpaired) electrons. The molecule has 0 unspecified atom stereocenters. The first kappa shape index (κ1) is 32.2. The number of hydrogen-bond acceptors (Lipinski definition) is 7. The van der Waals surface area contributed by atoms with Crippen molar-refractivity contribution in [3.8, 4) is 11.5 Å². The molecule has 13 heteroatoms. The van der Waals surface area contributed by atoms with E-state index in [4.69, 9.17) is 9.47 Å². The normalized spacial score (nSPS) is 13.3. The molecule has 1 aliphatic heterocycles. The van der Waals surface area contributed by atoms with Crippen LogP contribution in [0, 0.1) is 0 Å². The molecule has 2 aromatic rings. The van der Waals surface area contributed by atoms with E-state index in [1.807, 2.05) is 20.8 Å². The molecule has 0 saturated carbocycles. The van der Waals surface area contributed by atoms with Crippen LogP contribution in [0.3, 0.4) is 0 Å². The number of alkyl halides is 3. The van der Waals surface area contributed by atoms with Crippen molar-refractivity contribution in [3.05, 3.63) is 53.1 Å². The third-order valence-corrected chi connectivity index (χ3v) is 7.91. The number of ether oxygens (including phenoxy) is 3. The summed E-state index contributed by atoms with van der Waals surface area (Å²) < 4.78 is 80.1. The number of benzene rings is 2. The second-order valence-corrected chi connectivity index (χ2v) is 12.3. The predicted molar refractivity (Wildman–Crippen MR) is 145 cm³/mol. The van der Waals surface area contributed by atoms with Gasteiger partial charge in [0.1, 0.15) is 16.4 Å². The van der Waals surface area contributed by atoms with Gasteiger partial charge in [0.2, 0.25) is 10.0 Å². The van der Waals surface area contributed by atoms with Gasteiger partial charge in [0.15, 0.2) is 5.78 Å². The molecule has 41 heavy (non-hydrogen) atoms. The van der Waals surface area contributed by atoms with Gasteiger partial charge in [0.05, 0.1) is 13.2 Å². The van der Waals surface area contributed by atoms with E-state index in [9.17, 15) is 31.2 Å². The summed E-state index contributed by atoms with van der Waals surface area (Å²) >= 11 is 0. The van der Waals surface area contributed by atoms with Gasteiger partial charge in [-0.15, -0.1) is 13.2 Å². The summed E-state index contributed by atoms with van der Waals surface area (Å²) in [6.07, 6.45) is -3.88. The highest BCUT2D eigenvalue weighted by molar-refractivity contribution is 7.89. The Balaban J connectivity index is 1.56. The second-order valence-electron chi connectivity index (χ2n) is 10.5. The van der Waals surface area contributed by atoms with Crippen LogP contribution in [0.2, 0.25) is 0 Å². The third kappa shape index (κ3) is 8.83. The quantitative estimate of drug-likeness (QED) is 0.261. The van der Waals surface area contributed by atoms with E-state index in [0.29, 0.717) is 31.4 Å². The van der Waals surface area contributed by atoms with Crippen LogP contribution in [0.25, 0.3) is 0 Å². The fourth-order valence-electron chi connectivity index (χ4n) is 4.40. The molecule has 0 aromatic heterocycles. The van der Waals surface area contributed by atoms with Crippen molar-refractivity contribution in [1.29, 1.82) is 0 Å². The number of para-hydroxylation sites is 1. The van der Waals surface area contributed by atoms with Crippen molar-refractivity contribution in [2.45, 2.75) is 69.7 Å². The van der Waals surface area contributed by atoms with Gasteiger partial charge >= 0.3 is 12.5 Å². The number of sulfonamides is 1. The van der Waals surface area contributed by atoms with Crippen LogP contribution >= 0.6 is 0 Å². The lowest BCUT2D eigenvalue weighted by molar-refractivity contribution is -0.274. The van der Waals surface area contributed by atoms with Crippen LogP contribution in [-0.4, -0.2) is 63.9 Å². The van der Waals surface area contributed by atoms with Crippen molar-refractivity contribution < 1.29 is 45.4 Å². The molecule has 3 rings (SSSR count). The average molecular weight is 601 g/mol. The Bertz CT molecular complexity index is 1360. The van der Waals surface area contributed by atoms with Crippen molar-refractivity contribution >= 4 is 21.9 Å². The van der Waals surface area contributed by atoms with E-state index in [2.05, 4.69) is 9.46 Å². The number of rotatable bonds is 12. The van der Waals surface area contributed by atoms with Crippen molar-refractivity contribution in [3.63, 3.8) is 0 Å². The van der Waals surface area contributed by atoms with E-state index in [1.165, 1.54) is 36.2 Å². The molecule has 0 bridgehead atoms. The van der Waals surface area contributed by atoms with Gasteiger partial charge in [0, 0.05) is 36.9 Å². The van der Waals surface area contributed by atoms with Crippen molar-refractivity contribution in [2.24, 2.45) is 0 Å². The van der Waals surface area contributed by atoms with E-state index in [1.54, 1.807) is 12.1 Å². The number of amides is 1. The predicted octanol–water partition coefficient (Wildman–Crippen LogP) is 5.26. The smallest absolute Gasteiger partial charge is 0.492 e. The lowest BCUT2D eigenvalue weighted by Gasteiger charge is -2.34. The summed E-state index contributed by atoms with van der Waals surface area (Å²) in [5.41, 5.74) is 0.584. The minimum Gasteiger partial charge on any atom is -0.492 e. The number of nitrogens with one attached hydrogen (secondary N) is 1. The van der Waals surface area contributed by atoms with Crippen LogP contribution in [0.1, 0.15) is 61.5 Å². The van der Waals surface area contributed by atoms with Gasteiger partial charge in [0.25, 0.3) is 0 Å². The SMILES string of the molecule is CNS(=O)(=O)c1cc(C(=O)CCCCN(C(=O)OCCc2ccccc2OC(F)(F)F)C(C)(C)C)cc2c1OCC2. The molecule has 0 fully saturated rings. The topological polar surface area (TPSA) is 111 Å². The van der Waals surface area contributed by atoms with Crippen molar-refractivity contribution in [1.82, 2.24) is 9.62 Å². The maximum Gasteiger partial charge on any atom is 0.573 e. The van der Waals surface area contributed by atoms with Crippen molar-refractivity contribution in [2.75, 3.05) is 26.8 Å².